The van der Waals surface area contributed by atoms with Crippen LogP contribution in [0, 0.1) is 17.7 Å². The van der Waals surface area contributed by atoms with E-state index < -0.39 is 10.0 Å². The van der Waals surface area contributed by atoms with E-state index in [9.17, 15) is 17.6 Å². The van der Waals surface area contributed by atoms with Crippen molar-refractivity contribution in [2.24, 2.45) is 17.0 Å². The number of rotatable bonds is 9. The summed E-state index contributed by atoms with van der Waals surface area (Å²) >= 11 is 0. The van der Waals surface area contributed by atoms with Crippen LogP contribution >= 0.6 is 0 Å². The Morgan fingerprint density at radius 3 is 2.75 bits per heavy atom. The van der Waals surface area contributed by atoms with Gasteiger partial charge in [0.2, 0.25) is 10.0 Å². The number of sulfonamides is 1. The number of hydrogen-bond acceptors (Lipinski definition) is 5. The standard InChI is InChI=1S/C23H32FN3O4S/c1-15(19-11-20(24)14-22(13-19)31-2)27-21-8-7-18(12-21)16-3-5-17(6-4-16)23(28)26-9-10-32(25,29)30/h3,5-6,11,13-16,18,21,27H,4,7-10,12H2,1-2H3,(H,26,28)(H2,25,29,30). The molecule has 0 saturated heterocycles. The molecule has 9 heteroatoms. The van der Waals surface area contributed by atoms with Gasteiger partial charge in [0.1, 0.15) is 11.6 Å². The fraction of sp³-hybridized carbons (Fsp3) is 0.522. The normalized spacial score (nSPS) is 24.1. The van der Waals surface area contributed by atoms with Gasteiger partial charge in [-0.3, -0.25) is 4.79 Å². The number of carbonyl (C=O) groups is 1. The number of hydrogen-bond donors (Lipinski definition) is 3. The number of allylic oxidation sites excluding steroid dienone is 2. The lowest BCUT2D eigenvalue weighted by Crippen LogP contribution is -2.32. The summed E-state index contributed by atoms with van der Waals surface area (Å²) < 4.78 is 40.9. The van der Waals surface area contributed by atoms with Crippen molar-refractivity contribution in [3.05, 3.63) is 53.4 Å². The van der Waals surface area contributed by atoms with E-state index in [2.05, 4.69) is 16.7 Å². The van der Waals surface area contributed by atoms with Crippen LogP contribution < -0.4 is 20.5 Å². The zero-order valence-corrected chi connectivity index (χ0v) is 19.3. The molecule has 1 aromatic rings. The Morgan fingerprint density at radius 1 is 1.31 bits per heavy atom. The van der Waals surface area contributed by atoms with Gasteiger partial charge in [-0.2, -0.15) is 0 Å². The summed E-state index contributed by atoms with van der Waals surface area (Å²) in [6.07, 6.45) is 9.77. The number of nitrogens with two attached hydrogens (primary N) is 1. The highest BCUT2D eigenvalue weighted by atomic mass is 32.2. The Morgan fingerprint density at radius 2 is 2.09 bits per heavy atom. The van der Waals surface area contributed by atoms with E-state index in [-0.39, 0.29) is 30.1 Å². The first-order valence-corrected chi connectivity index (χ1v) is 12.6. The van der Waals surface area contributed by atoms with Gasteiger partial charge in [-0.05, 0) is 62.1 Å². The van der Waals surface area contributed by atoms with Crippen LogP contribution in [0.15, 0.2) is 42.0 Å². The minimum atomic E-state index is -3.59. The van der Waals surface area contributed by atoms with E-state index >= 15 is 0 Å². The van der Waals surface area contributed by atoms with Gasteiger partial charge in [0, 0.05) is 30.3 Å². The van der Waals surface area contributed by atoms with Crippen molar-refractivity contribution in [1.82, 2.24) is 10.6 Å². The Bertz CT molecular complexity index is 993. The Labute approximate surface area is 189 Å². The molecule has 4 atom stereocenters. The average Bonchev–Trinajstić information content (AvgIpc) is 3.20. The molecule has 2 aliphatic rings. The molecule has 4 unspecified atom stereocenters. The summed E-state index contributed by atoms with van der Waals surface area (Å²) in [4.78, 5) is 12.2. The molecule has 7 nitrogen and oxygen atoms in total. The largest absolute Gasteiger partial charge is 0.497 e. The molecule has 3 rings (SSSR count). The smallest absolute Gasteiger partial charge is 0.250 e. The second kappa shape index (κ2) is 10.6. The van der Waals surface area contributed by atoms with Gasteiger partial charge < -0.3 is 15.4 Å². The minimum Gasteiger partial charge on any atom is -0.497 e. The maximum absolute atomic E-state index is 13.8. The van der Waals surface area contributed by atoms with Crippen LogP contribution in [0.3, 0.4) is 0 Å². The molecule has 1 aromatic carbocycles. The van der Waals surface area contributed by atoms with Gasteiger partial charge in [-0.25, -0.2) is 17.9 Å². The molecule has 1 fully saturated rings. The molecule has 0 radical (unpaired) electrons. The van der Waals surface area contributed by atoms with Gasteiger partial charge in [0.25, 0.3) is 5.91 Å². The van der Waals surface area contributed by atoms with Crippen molar-refractivity contribution >= 4 is 15.9 Å². The lowest BCUT2D eigenvalue weighted by atomic mass is 9.84. The third-order valence-corrected chi connectivity index (χ3v) is 7.03. The summed E-state index contributed by atoms with van der Waals surface area (Å²) in [6, 6.07) is 5.13. The monoisotopic (exact) mass is 465 g/mol. The molecular formula is C23H32FN3O4S. The fourth-order valence-corrected chi connectivity index (χ4v) is 4.91. The number of halogens is 1. The van der Waals surface area contributed by atoms with Crippen LogP contribution in [0.5, 0.6) is 5.75 Å². The van der Waals surface area contributed by atoms with Gasteiger partial charge in [-0.15, -0.1) is 0 Å². The van der Waals surface area contributed by atoms with Crippen molar-refractivity contribution in [2.75, 3.05) is 19.4 Å². The maximum Gasteiger partial charge on any atom is 0.250 e. The summed E-state index contributed by atoms with van der Waals surface area (Å²) in [5.41, 5.74) is 1.42. The molecule has 0 spiro atoms. The predicted molar refractivity (Wildman–Crippen MR) is 122 cm³/mol. The van der Waals surface area contributed by atoms with Crippen LogP contribution in [0.25, 0.3) is 0 Å². The van der Waals surface area contributed by atoms with Crippen molar-refractivity contribution in [2.45, 2.75) is 44.7 Å². The van der Waals surface area contributed by atoms with Crippen LogP contribution in [-0.4, -0.2) is 39.8 Å². The van der Waals surface area contributed by atoms with Crippen LogP contribution in [0.1, 0.15) is 44.2 Å². The topological polar surface area (TPSA) is 111 Å². The van der Waals surface area contributed by atoms with Crippen molar-refractivity contribution in [3.8, 4) is 5.75 Å². The zero-order chi connectivity index (χ0) is 23.3. The van der Waals surface area contributed by atoms with Crippen LogP contribution in [-0.2, 0) is 14.8 Å². The lowest BCUT2D eigenvalue weighted by molar-refractivity contribution is -0.117. The number of methoxy groups -OCH3 is 1. The Hall–Kier alpha value is -2.23. The number of primary sulfonamides is 1. The lowest BCUT2D eigenvalue weighted by Gasteiger charge is -2.24. The second-order valence-corrected chi connectivity index (χ2v) is 10.4. The summed E-state index contributed by atoms with van der Waals surface area (Å²) in [5, 5.41) is 11.2. The molecule has 1 saturated carbocycles. The SMILES string of the molecule is COc1cc(F)cc(C(C)NC2CCC(C3C=CC(C(=O)NCCS(N)(=O)=O)=CC3)C2)c1. The second-order valence-electron chi connectivity index (χ2n) is 8.62. The van der Waals surface area contributed by atoms with Crippen molar-refractivity contribution in [1.29, 1.82) is 0 Å². The minimum absolute atomic E-state index is 0.00236. The maximum atomic E-state index is 13.8. The molecular weight excluding hydrogens is 433 g/mol. The highest BCUT2D eigenvalue weighted by molar-refractivity contribution is 7.89. The first kappa shape index (κ1) is 24.4. The van der Waals surface area contributed by atoms with E-state index in [1.165, 1.54) is 19.2 Å². The fourth-order valence-electron chi connectivity index (χ4n) is 4.52. The summed E-state index contributed by atoms with van der Waals surface area (Å²) in [7, 11) is -2.06. The van der Waals surface area contributed by atoms with Gasteiger partial charge >= 0.3 is 0 Å². The highest BCUT2D eigenvalue weighted by Crippen LogP contribution is 2.37. The van der Waals surface area contributed by atoms with E-state index in [0.29, 0.717) is 29.2 Å². The number of amides is 1. The Kier molecular flexibility index (Phi) is 8.08. The van der Waals surface area contributed by atoms with Crippen LogP contribution in [0.4, 0.5) is 4.39 Å². The number of ether oxygens (including phenoxy) is 1. The highest BCUT2D eigenvalue weighted by Gasteiger charge is 2.31. The van der Waals surface area contributed by atoms with Gasteiger partial charge in [0.15, 0.2) is 0 Å². The summed E-state index contributed by atoms with van der Waals surface area (Å²) in [6.45, 7) is 2.03. The Balaban J connectivity index is 1.47. The molecule has 0 heterocycles. The third-order valence-electron chi connectivity index (χ3n) is 6.26. The first-order chi connectivity index (χ1) is 15.1. The molecule has 4 N–H and O–H groups in total. The summed E-state index contributed by atoms with van der Waals surface area (Å²) in [5.74, 6) is 0.528. The van der Waals surface area contributed by atoms with Gasteiger partial charge in [0.05, 0.1) is 12.9 Å². The van der Waals surface area contributed by atoms with Gasteiger partial charge in [-0.1, -0.05) is 18.2 Å². The molecule has 1 amide bonds. The molecule has 0 bridgehead atoms. The third kappa shape index (κ3) is 6.88. The van der Waals surface area contributed by atoms with Crippen LogP contribution in [0.2, 0.25) is 0 Å². The molecule has 0 aromatic heterocycles. The van der Waals surface area contributed by atoms with E-state index in [1.807, 2.05) is 25.1 Å². The quantitative estimate of drug-likeness (QED) is 0.519. The average molecular weight is 466 g/mol. The molecule has 32 heavy (non-hydrogen) atoms. The van der Waals surface area contributed by atoms with Crippen molar-refractivity contribution in [3.63, 3.8) is 0 Å². The van der Waals surface area contributed by atoms with E-state index in [4.69, 9.17) is 9.88 Å². The number of carbonyl (C=O) groups excluding carboxylic acids is 1. The predicted octanol–water partition coefficient (Wildman–Crippen LogP) is 2.56. The molecule has 176 valence electrons. The first-order valence-electron chi connectivity index (χ1n) is 10.9. The molecule has 2 aliphatic carbocycles. The van der Waals surface area contributed by atoms with E-state index in [1.54, 1.807) is 0 Å². The zero-order valence-electron chi connectivity index (χ0n) is 18.5. The van der Waals surface area contributed by atoms with Crippen molar-refractivity contribution < 1.29 is 22.3 Å². The number of benzene rings is 1. The molecule has 0 aliphatic heterocycles. The number of nitrogens with one attached hydrogen (secondary N) is 2. The van der Waals surface area contributed by atoms with E-state index in [0.717, 1.165) is 31.2 Å².